The SMILES string of the molecule is CCOc1ccc(C(=O)[C@H](C)OC(=O)c2ccc(S(=O)(=O)N3C[C@@H](C)O[C@@H](C)C3)cc2)cc1. The average Bonchev–Trinajstić information content (AvgIpc) is 2.78. The number of hydrogen-bond acceptors (Lipinski definition) is 7. The molecular formula is C24H29NO7S. The molecule has 178 valence electrons. The zero-order valence-electron chi connectivity index (χ0n) is 19.2. The van der Waals surface area contributed by atoms with Crippen molar-refractivity contribution in [3.63, 3.8) is 0 Å². The Hall–Kier alpha value is -2.75. The average molecular weight is 476 g/mol. The third kappa shape index (κ3) is 5.98. The molecule has 0 spiro atoms. The second-order valence-corrected chi connectivity index (χ2v) is 9.91. The number of ether oxygens (including phenoxy) is 3. The van der Waals surface area contributed by atoms with E-state index in [4.69, 9.17) is 14.2 Å². The molecule has 1 aliphatic rings. The molecule has 1 saturated heterocycles. The van der Waals surface area contributed by atoms with Crippen molar-refractivity contribution in [2.45, 2.75) is 50.9 Å². The molecule has 1 fully saturated rings. The Bertz CT molecular complexity index is 1070. The van der Waals surface area contributed by atoms with Gasteiger partial charge in [0.15, 0.2) is 6.10 Å². The van der Waals surface area contributed by atoms with E-state index in [1.807, 2.05) is 20.8 Å². The van der Waals surface area contributed by atoms with Gasteiger partial charge in [-0.15, -0.1) is 0 Å². The Labute approximate surface area is 194 Å². The summed E-state index contributed by atoms with van der Waals surface area (Å²) < 4.78 is 43.5. The van der Waals surface area contributed by atoms with Gasteiger partial charge in [-0.1, -0.05) is 0 Å². The van der Waals surface area contributed by atoms with Crippen molar-refractivity contribution in [3.05, 3.63) is 59.7 Å². The number of Topliss-reactive ketones (excluding diaryl/α,β-unsaturated/α-hetero) is 1. The van der Waals surface area contributed by atoms with Gasteiger partial charge in [0.1, 0.15) is 5.75 Å². The van der Waals surface area contributed by atoms with Crippen LogP contribution in [0.15, 0.2) is 53.4 Å². The van der Waals surface area contributed by atoms with E-state index < -0.39 is 22.1 Å². The minimum Gasteiger partial charge on any atom is -0.494 e. The zero-order valence-corrected chi connectivity index (χ0v) is 20.0. The molecule has 33 heavy (non-hydrogen) atoms. The highest BCUT2D eigenvalue weighted by Gasteiger charge is 2.32. The van der Waals surface area contributed by atoms with Crippen LogP contribution < -0.4 is 4.74 Å². The van der Waals surface area contributed by atoms with Gasteiger partial charge in [0.25, 0.3) is 0 Å². The van der Waals surface area contributed by atoms with Crippen molar-refractivity contribution >= 4 is 21.8 Å². The number of benzene rings is 2. The Kier molecular flexibility index (Phi) is 7.88. The van der Waals surface area contributed by atoms with Gasteiger partial charge in [-0.3, -0.25) is 4.79 Å². The molecule has 8 nitrogen and oxygen atoms in total. The van der Waals surface area contributed by atoms with Crippen molar-refractivity contribution < 1.29 is 32.2 Å². The molecule has 0 saturated carbocycles. The lowest BCUT2D eigenvalue weighted by molar-refractivity contribution is -0.0440. The summed E-state index contributed by atoms with van der Waals surface area (Å²) in [4.78, 5) is 25.2. The monoisotopic (exact) mass is 475 g/mol. The van der Waals surface area contributed by atoms with Crippen molar-refractivity contribution in [1.29, 1.82) is 0 Å². The van der Waals surface area contributed by atoms with Gasteiger partial charge in [-0.2, -0.15) is 4.31 Å². The summed E-state index contributed by atoms with van der Waals surface area (Å²) in [7, 11) is -3.71. The highest BCUT2D eigenvalue weighted by molar-refractivity contribution is 7.89. The van der Waals surface area contributed by atoms with Crippen LogP contribution in [0.5, 0.6) is 5.75 Å². The predicted molar refractivity (Wildman–Crippen MR) is 122 cm³/mol. The zero-order chi connectivity index (χ0) is 24.2. The highest BCUT2D eigenvalue weighted by Crippen LogP contribution is 2.22. The van der Waals surface area contributed by atoms with Crippen LogP contribution in [-0.2, 0) is 19.5 Å². The second kappa shape index (κ2) is 10.5. The first kappa shape index (κ1) is 24.9. The number of carbonyl (C=O) groups is 2. The van der Waals surface area contributed by atoms with Crippen LogP contribution in [0.25, 0.3) is 0 Å². The maximum Gasteiger partial charge on any atom is 0.338 e. The molecule has 0 unspecified atom stereocenters. The molecule has 0 amide bonds. The fraction of sp³-hybridized carbons (Fsp3) is 0.417. The van der Waals surface area contributed by atoms with Crippen molar-refractivity contribution in [1.82, 2.24) is 4.31 Å². The predicted octanol–water partition coefficient (Wildman–Crippen LogP) is 3.31. The summed E-state index contributed by atoms with van der Waals surface area (Å²) in [5.41, 5.74) is 0.554. The Morgan fingerprint density at radius 3 is 2.09 bits per heavy atom. The molecule has 0 aliphatic carbocycles. The number of carbonyl (C=O) groups excluding carboxylic acids is 2. The van der Waals surface area contributed by atoms with Crippen LogP contribution in [0.4, 0.5) is 0 Å². The Balaban J connectivity index is 1.65. The number of hydrogen-bond donors (Lipinski definition) is 0. The molecule has 0 radical (unpaired) electrons. The molecular weight excluding hydrogens is 446 g/mol. The standard InChI is InChI=1S/C24H29NO7S/c1-5-30-21-10-6-19(7-11-21)23(26)18(4)32-24(27)20-8-12-22(13-9-20)33(28,29)25-14-16(2)31-17(3)15-25/h6-13,16-18H,5,14-15H2,1-4H3/t16-,17+,18-/m0/s1. The first-order valence-corrected chi connectivity index (χ1v) is 12.3. The number of nitrogens with zero attached hydrogens (tertiary/aromatic N) is 1. The van der Waals surface area contributed by atoms with Crippen LogP contribution in [0.1, 0.15) is 48.4 Å². The van der Waals surface area contributed by atoms with E-state index in [9.17, 15) is 18.0 Å². The number of ketones is 1. The molecule has 1 heterocycles. The van der Waals surface area contributed by atoms with Crippen LogP contribution in [0.2, 0.25) is 0 Å². The highest BCUT2D eigenvalue weighted by atomic mass is 32.2. The van der Waals surface area contributed by atoms with Gasteiger partial charge in [0.05, 0.1) is 29.3 Å². The number of rotatable bonds is 8. The van der Waals surface area contributed by atoms with Crippen molar-refractivity contribution in [2.75, 3.05) is 19.7 Å². The first-order chi connectivity index (χ1) is 15.6. The summed E-state index contributed by atoms with van der Waals surface area (Å²) >= 11 is 0. The van der Waals surface area contributed by atoms with Gasteiger partial charge in [-0.25, -0.2) is 13.2 Å². The quantitative estimate of drug-likeness (QED) is 0.427. The third-order valence-corrected chi connectivity index (χ3v) is 7.06. The summed E-state index contributed by atoms with van der Waals surface area (Å²) in [6.45, 7) is 8.07. The molecule has 9 heteroatoms. The topological polar surface area (TPSA) is 99.2 Å². The molecule has 1 aliphatic heterocycles. The van der Waals surface area contributed by atoms with Gasteiger partial charge in [-0.05, 0) is 76.2 Å². The molecule has 0 bridgehead atoms. The van der Waals surface area contributed by atoms with E-state index >= 15 is 0 Å². The van der Waals surface area contributed by atoms with Gasteiger partial charge < -0.3 is 14.2 Å². The van der Waals surface area contributed by atoms with E-state index in [-0.39, 0.29) is 41.5 Å². The Morgan fingerprint density at radius 2 is 1.55 bits per heavy atom. The van der Waals surface area contributed by atoms with E-state index in [2.05, 4.69) is 0 Å². The minimum atomic E-state index is -3.71. The van der Waals surface area contributed by atoms with Gasteiger partial charge in [0.2, 0.25) is 15.8 Å². The van der Waals surface area contributed by atoms with Crippen LogP contribution in [0, 0.1) is 0 Å². The lowest BCUT2D eigenvalue weighted by atomic mass is 10.1. The summed E-state index contributed by atoms with van der Waals surface area (Å²) in [6, 6.07) is 12.1. The number of esters is 1. The lowest BCUT2D eigenvalue weighted by Gasteiger charge is -2.34. The molecule has 0 aromatic heterocycles. The maximum atomic E-state index is 12.9. The number of sulfonamides is 1. The Morgan fingerprint density at radius 1 is 1.00 bits per heavy atom. The van der Waals surface area contributed by atoms with Gasteiger partial charge in [0, 0.05) is 18.7 Å². The van der Waals surface area contributed by atoms with E-state index in [1.54, 1.807) is 24.3 Å². The van der Waals surface area contributed by atoms with Gasteiger partial charge >= 0.3 is 5.97 Å². The second-order valence-electron chi connectivity index (χ2n) is 7.97. The molecule has 2 aromatic rings. The van der Waals surface area contributed by atoms with Crippen LogP contribution >= 0.6 is 0 Å². The summed E-state index contributed by atoms with van der Waals surface area (Å²) in [6.07, 6.45) is -1.41. The lowest BCUT2D eigenvalue weighted by Crippen LogP contribution is -2.48. The molecule has 3 rings (SSSR count). The minimum absolute atomic E-state index is 0.0823. The molecule has 0 N–H and O–H groups in total. The van der Waals surface area contributed by atoms with E-state index in [0.29, 0.717) is 17.9 Å². The van der Waals surface area contributed by atoms with E-state index in [0.717, 1.165) is 0 Å². The van der Waals surface area contributed by atoms with Crippen molar-refractivity contribution in [2.24, 2.45) is 0 Å². The van der Waals surface area contributed by atoms with E-state index in [1.165, 1.54) is 35.5 Å². The van der Waals surface area contributed by atoms with Crippen molar-refractivity contribution in [3.8, 4) is 5.75 Å². The van der Waals surface area contributed by atoms with Crippen LogP contribution in [-0.4, -0.2) is 62.5 Å². The smallest absolute Gasteiger partial charge is 0.338 e. The third-order valence-electron chi connectivity index (χ3n) is 5.22. The fourth-order valence-electron chi connectivity index (χ4n) is 3.64. The number of morpholine rings is 1. The summed E-state index contributed by atoms with van der Waals surface area (Å²) in [5.74, 6) is -0.407. The fourth-order valence-corrected chi connectivity index (χ4v) is 5.23. The maximum absolute atomic E-state index is 12.9. The summed E-state index contributed by atoms with van der Waals surface area (Å²) in [5, 5.41) is 0. The molecule has 2 aromatic carbocycles. The molecule has 3 atom stereocenters. The largest absolute Gasteiger partial charge is 0.494 e. The van der Waals surface area contributed by atoms with Crippen LogP contribution in [0.3, 0.4) is 0 Å². The first-order valence-electron chi connectivity index (χ1n) is 10.9. The normalized spacial score (nSPS) is 20.1.